The van der Waals surface area contributed by atoms with E-state index in [1.165, 1.54) is 18.2 Å². The highest BCUT2D eigenvalue weighted by Gasteiger charge is 2.41. The van der Waals surface area contributed by atoms with Gasteiger partial charge in [-0.25, -0.2) is 18.0 Å². The van der Waals surface area contributed by atoms with Gasteiger partial charge in [0.15, 0.2) is 0 Å². The first-order valence-corrected chi connectivity index (χ1v) is 15.2. The predicted molar refractivity (Wildman–Crippen MR) is 155 cm³/mol. The van der Waals surface area contributed by atoms with Crippen LogP contribution < -0.4 is 10.1 Å². The molecule has 1 aliphatic heterocycles. The number of benzene rings is 2. The average molecular weight is 692 g/mol. The number of aliphatic carboxylic acids is 2. The second kappa shape index (κ2) is 15.4. The number of carbonyl (C=O) groups is 3. The Hall–Kier alpha value is -3.92. The Kier molecular flexibility index (Phi) is 12.2. The van der Waals surface area contributed by atoms with Crippen LogP contribution in [0.5, 0.6) is 5.75 Å². The number of aromatic nitrogens is 1. The molecule has 1 aliphatic rings. The molecule has 242 valence electrons. The number of carboxylic acid groups (broad SMARTS) is 2. The average Bonchev–Trinajstić information content (AvgIpc) is 3.48. The van der Waals surface area contributed by atoms with Crippen molar-refractivity contribution < 1.29 is 50.9 Å². The zero-order chi connectivity index (χ0) is 33.4. The summed E-state index contributed by atoms with van der Waals surface area (Å²) in [5.41, 5.74) is 1.57. The van der Waals surface area contributed by atoms with Gasteiger partial charge in [0.25, 0.3) is 0 Å². The molecule has 45 heavy (non-hydrogen) atoms. The number of amides is 1. The molecule has 2 aromatic carbocycles. The summed E-state index contributed by atoms with van der Waals surface area (Å²) in [6, 6.07) is 12.2. The lowest BCUT2D eigenvalue weighted by molar-refractivity contribution is -0.192. The fraction of sp³-hybridized carbons (Fsp3) is 0.286. The standard InChI is InChI=1S/C26H25Cl2N3O6S.C2HF3O2/c27-19-12-20(28)14-22(13-19)38(35,36)31-10-2-4-24(31)25(32)30-23(26(33)34)11-17-5-7-21(8-6-17)37-16-18-3-1-9-29-15-18;3-2(4,5)1(6)7/h1,3,5-9,12-15,23-24H,2,4,10-11,16H2,(H,30,32)(H,33,34);(H,6,7)/t23-,24-;/m0./s1. The number of pyridine rings is 1. The van der Waals surface area contributed by atoms with Gasteiger partial charge in [0.1, 0.15) is 24.4 Å². The smallest absolute Gasteiger partial charge is 0.489 e. The van der Waals surface area contributed by atoms with Crippen molar-refractivity contribution in [3.05, 3.63) is 88.2 Å². The van der Waals surface area contributed by atoms with Crippen LogP contribution in [0.15, 0.2) is 71.9 Å². The predicted octanol–water partition coefficient (Wildman–Crippen LogP) is 4.57. The molecule has 0 unspecified atom stereocenters. The summed E-state index contributed by atoms with van der Waals surface area (Å²) in [5.74, 6) is -4.07. The third-order valence-corrected chi connectivity index (χ3v) is 8.62. The molecule has 0 bridgehead atoms. The van der Waals surface area contributed by atoms with E-state index in [-0.39, 0.29) is 34.3 Å². The minimum atomic E-state index is -5.08. The highest BCUT2D eigenvalue weighted by molar-refractivity contribution is 7.89. The first kappa shape index (κ1) is 35.6. The van der Waals surface area contributed by atoms with Gasteiger partial charge < -0.3 is 20.3 Å². The Labute approximate surface area is 265 Å². The molecule has 1 aromatic heterocycles. The van der Waals surface area contributed by atoms with Crippen LogP contribution in [0.2, 0.25) is 10.0 Å². The minimum Gasteiger partial charge on any atom is -0.489 e. The van der Waals surface area contributed by atoms with Crippen molar-refractivity contribution in [1.29, 1.82) is 0 Å². The van der Waals surface area contributed by atoms with Crippen LogP contribution in [0.4, 0.5) is 13.2 Å². The van der Waals surface area contributed by atoms with Crippen molar-refractivity contribution in [1.82, 2.24) is 14.6 Å². The highest BCUT2D eigenvalue weighted by atomic mass is 35.5. The molecule has 2 heterocycles. The number of carbonyl (C=O) groups excluding carboxylic acids is 1. The number of hydrogen-bond donors (Lipinski definition) is 3. The number of sulfonamides is 1. The third-order valence-electron chi connectivity index (χ3n) is 6.30. The molecule has 0 spiro atoms. The van der Waals surface area contributed by atoms with E-state index in [4.69, 9.17) is 37.8 Å². The minimum absolute atomic E-state index is 0.00727. The van der Waals surface area contributed by atoms with Crippen molar-refractivity contribution in [3.8, 4) is 5.75 Å². The van der Waals surface area contributed by atoms with Gasteiger partial charge in [0.05, 0.1) is 4.90 Å². The fourth-order valence-corrected chi connectivity index (χ4v) is 6.56. The van der Waals surface area contributed by atoms with E-state index >= 15 is 0 Å². The monoisotopic (exact) mass is 691 g/mol. The van der Waals surface area contributed by atoms with Crippen molar-refractivity contribution in [2.75, 3.05) is 6.54 Å². The molecule has 1 amide bonds. The third kappa shape index (κ3) is 10.3. The fourth-order valence-electron chi connectivity index (χ4n) is 4.18. The van der Waals surface area contributed by atoms with Gasteiger partial charge >= 0.3 is 18.1 Å². The van der Waals surface area contributed by atoms with Gasteiger partial charge in [-0.3, -0.25) is 9.78 Å². The molecule has 0 radical (unpaired) electrons. The van der Waals surface area contributed by atoms with E-state index < -0.39 is 46.1 Å². The zero-order valence-electron chi connectivity index (χ0n) is 23.1. The van der Waals surface area contributed by atoms with Gasteiger partial charge in [0, 0.05) is 41.0 Å². The quantitative estimate of drug-likeness (QED) is 0.276. The lowest BCUT2D eigenvalue weighted by atomic mass is 10.1. The van der Waals surface area contributed by atoms with Gasteiger partial charge in [-0.2, -0.15) is 17.5 Å². The molecule has 11 nitrogen and oxygen atoms in total. The Morgan fingerprint density at radius 3 is 2.20 bits per heavy atom. The normalized spacial score (nSPS) is 15.8. The first-order valence-electron chi connectivity index (χ1n) is 13.0. The molecular formula is C28H26Cl2F3N3O8S. The Bertz CT molecular complexity index is 1590. The van der Waals surface area contributed by atoms with Gasteiger partial charge in [-0.1, -0.05) is 41.4 Å². The van der Waals surface area contributed by atoms with Crippen LogP contribution in [0, 0.1) is 0 Å². The molecule has 1 saturated heterocycles. The van der Waals surface area contributed by atoms with E-state index in [1.807, 2.05) is 12.1 Å². The van der Waals surface area contributed by atoms with E-state index in [1.54, 1.807) is 36.7 Å². The largest absolute Gasteiger partial charge is 0.490 e. The Morgan fingerprint density at radius 1 is 1.04 bits per heavy atom. The van der Waals surface area contributed by atoms with Crippen LogP contribution >= 0.6 is 23.2 Å². The number of carboxylic acids is 2. The maximum absolute atomic E-state index is 13.2. The Morgan fingerprint density at radius 2 is 1.67 bits per heavy atom. The molecular weight excluding hydrogens is 666 g/mol. The molecule has 4 rings (SSSR count). The molecule has 0 saturated carbocycles. The topological polar surface area (TPSA) is 163 Å². The maximum atomic E-state index is 13.2. The van der Waals surface area contributed by atoms with E-state index in [0.717, 1.165) is 9.87 Å². The van der Waals surface area contributed by atoms with Crippen LogP contribution in [0.1, 0.15) is 24.0 Å². The maximum Gasteiger partial charge on any atom is 0.490 e. The van der Waals surface area contributed by atoms with E-state index in [9.17, 15) is 36.3 Å². The lowest BCUT2D eigenvalue weighted by Crippen LogP contribution is -2.51. The summed E-state index contributed by atoms with van der Waals surface area (Å²) >= 11 is 12.0. The van der Waals surface area contributed by atoms with Gasteiger partial charge in [-0.15, -0.1) is 0 Å². The number of ether oxygens (including phenoxy) is 1. The lowest BCUT2D eigenvalue weighted by Gasteiger charge is -2.25. The van der Waals surface area contributed by atoms with Crippen LogP contribution in [-0.2, 0) is 37.4 Å². The van der Waals surface area contributed by atoms with E-state index in [2.05, 4.69) is 10.3 Å². The zero-order valence-corrected chi connectivity index (χ0v) is 25.4. The summed E-state index contributed by atoms with van der Waals surface area (Å²) in [6.45, 7) is 0.450. The molecule has 3 aromatic rings. The SMILES string of the molecule is O=C(O)C(F)(F)F.O=C(O)[C@H](Cc1ccc(OCc2cccnc2)cc1)NC(=O)[C@@H]1CCCN1S(=O)(=O)c1cc(Cl)cc(Cl)c1. The molecule has 2 atom stereocenters. The summed E-state index contributed by atoms with van der Waals surface area (Å²) in [7, 11) is -4.08. The number of hydrogen-bond acceptors (Lipinski definition) is 7. The number of alkyl halides is 3. The van der Waals surface area contributed by atoms with Crippen LogP contribution in [0.3, 0.4) is 0 Å². The highest BCUT2D eigenvalue weighted by Crippen LogP contribution is 2.30. The first-order chi connectivity index (χ1) is 21.1. The van der Waals surface area contributed by atoms with Crippen molar-refractivity contribution in [2.45, 2.75) is 49.0 Å². The number of nitrogens with zero attached hydrogens (tertiary/aromatic N) is 2. The van der Waals surface area contributed by atoms with Crippen LogP contribution in [0.25, 0.3) is 0 Å². The molecule has 0 aliphatic carbocycles. The Balaban J connectivity index is 0.000000707. The number of halogens is 5. The molecule has 3 N–H and O–H groups in total. The second-order valence-electron chi connectivity index (χ2n) is 9.58. The summed E-state index contributed by atoms with van der Waals surface area (Å²) in [6.07, 6.45) is -0.990. The molecule has 1 fully saturated rings. The van der Waals surface area contributed by atoms with E-state index in [0.29, 0.717) is 24.3 Å². The van der Waals surface area contributed by atoms with Crippen molar-refractivity contribution in [2.24, 2.45) is 0 Å². The van der Waals surface area contributed by atoms with Crippen molar-refractivity contribution >= 4 is 51.1 Å². The number of nitrogens with one attached hydrogen (secondary N) is 1. The van der Waals surface area contributed by atoms with Gasteiger partial charge in [-0.05, 0) is 54.8 Å². The van der Waals surface area contributed by atoms with Crippen molar-refractivity contribution in [3.63, 3.8) is 0 Å². The molecule has 17 heteroatoms. The summed E-state index contributed by atoms with van der Waals surface area (Å²) in [5, 5.41) is 19.7. The number of rotatable bonds is 10. The van der Waals surface area contributed by atoms with Crippen LogP contribution in [-0.4, -0.2) is 70.6 Å². The van der Waals surface area contributed by atoms with Gasteiger partial charge in [0.2, 0.25) is 15.9 Å². The summed E-state index contributed by atoms with van der Waals surface area (Å²) < 4.78 is 65.0. The second-order valence-corrected chi connectivity index (χ2v) is 12.3. The summed E-state index contributed by atoms with van der Waals surface area (Å²) in [4.78, 5) is 37.8.